The molecule has 0 unspecified atom stereocenters. The van der Waals surface area contributed by atoms with E-state index in [9.17, 15) is 4.79 Å². The monoisotopic (exact) mass is 314 g/mol. The van der Waals surface area contributed by atoms with E-state index in [1.807, 2.05) is 19.0 Å². The van der Waals surface area contributed by atoms with Crippen LogP contribution in [0.4, 0.5) is 5.95 Å². The van der Waals surface area contributed by atoms with Gasteiger partial charge in [-0.25, -0.2) is 9.97 Å². The van der Waals surface area contributed by atoms with Crippen LogP contribution in [0.5, 0.6) is 11.5 Å². The highest BCUT2D eigenvalue weighted by molar-refractivity contribution is 5.97. The molecule has 0 atom stereocenters. The highest BCUT2D eigenvalue weighted by Crippen LogP contribution is 2.33. The second kappa shape index (κ2) is 6.51. The van der Waals surface area contributed by atoms with Gasteiger partial charge in [0.25, 0.3) is 5.91 Å². The molecule has 1 N–H and O–H groups in total. The van der Waals surface area contributed by atoms with Gasteiger partial charge in [-0.2, -0.15) is 0 Å². The highest BCUT2D eigenvalue weighted by atomic mass is 16.6. The number of benzene rings is 1. The summed E-state index contributed by atoms with van der Waals surface area (Å²) in [5, 5.41) is 2.85. The van der Waals surface area contributed by atoms with Crippen LogP contribution in [0.1, 0.15) is 16.1 Å². The standard InChI is InChI=1S/C16H18N4O3/c1-20(2)16-17-7-6-11(19-16)10-18-15(21)12-4-3-5-13-14(12)23-9-8-22-13/h3-7H,8-10H2,1-2H3,(H,18,21). The van der Waals surface area contributed by atoms with E-state index in [-0.39, 0.29) is 5.91 Å². The maximum atomic E-state index is 12.4. The van der Waals surface area contributed by atoms with Crippen LogP contribution in [-0.2, 0) is 6.54 Å². The van der Waals surface area contributed by atoms with Crippen LogP contribution >= 0.6 is 0 Å². The molecule has 0 bridgehead atoms. The largest absolute Gasteiger partial charge is 0.486 e. The van der Waals surface area contributed by atoms with Gasteiger partial charge in [-0.15, -0.1) is 0 Å². The Balaban J connectivity index is 1.72. The summed E-state index contributed by atoms with van der Waals surface area (Å²) in [5.41, 5.74) is 1.20. The molecule has 2 heterocycles. The van der Waals surface area contributed by atoms with Crippen LogP contribution in [0, 0.1) is 0 Å². The smallest absolute Gasteiger partial charge is 0.255 e. The minimum absolute atomic E-state index is 0.225. The summed E-state index contributed by atoms with van der Waals surface area (Å²) in [6.07, 6.45) is 1.67. The first-order chi connectivity index (χ1) is 11.1. The van der Waals surface area contributed by atoms with Gasteiger partial charge >= 0.3 is 0 Å². The molecule has 0 radical (unpaired) electrons. The topological polar surface area (TPSA) is 76.6 Å². The molecular weight excluding hydrogens is 296 g/mol. The number of anilines is 1. The van der Waals surface area contributed by atoms with Crippen LogP contribution in [0.25, 0.3) is 0 Å². The lowest BCUT2D eigenvalue weighted by molar-refractivity contribution is 0.0939. The second-order valence-electron chi connectivity index (χ2n) is 5.25. The molecule has 1 aromatic carbocycles. The summed E-state index contributed by atoms with van der Waals surface area (Å²) >= 11 is 0. The van der Waals surface area contributed by atoms with Gasteiger partial charge in [-0.05, 0) is 18.2 Å². The van der Waals surface area contributed by atoms with E-state index in [0.29, 0.717) is 42.8 Å². The molecule has 1 aliphatic heterocycles. The number of nitrogens with one attached hydrogen (secondary N) is 1. The van der Waals surface area contributed by atoms with Crippen LogP contribution in [-0.4, -0.2) is 43.2 Å². The summed E-state index contributed by atoms with van der Waals surface area (Å²) in [4.78, 5) is 22.7. The van der Waals surface area contributed by atoms with Crippen molar-refractivity contribution in [2.24, 2.45) is 0 Å². The van der Waals surface area contributed by atoms with Gasteiger partial charge in [-0.1, -0.05) is 6.07 Å². The van der Waals surface area contributed by atoms with Crippen molar-refractivity contribution in [1.82, 2.24) is 15.3 Å². The van der Waals surface area contributed by atoms with Crippen LogP contribution in [0.2, 0.25) is 0 Å². The predicted molar refractivity (Wildman–Crippen MR) is 85.0 cm³/mol. The normalized spacial score (nSPS) is 12.6. The van der Waals surface area contributed by atoms with E-state index in [1.54, 1.807) is 30.5 Å². The molecule has 1 amide bonds. The first-order valence-corrected chi connectivity index (χ1v) is 7.31. The number of carbonyl (C=O) groups excluding carboxylic acids is 1. The molecule has 7 nitrogen and oxygen atoms in total. The number of aromatic nitrogens is 2. The molecule has 0 aliphatic carbocycles. The number of amides is 1. The maximum Gasteiger partial charge on any atom is 0.255 e. The SMILES string of the molecule is CN(C)c1nccc(CNC(=O)c2cccc3c2OCCO3)n1. The number of hydrogen-bond donors (Lipinski definition) is 1. The molecular formula is C16H18N4O3. The van der Waals surface area contributed by atoms with E-state index < -0.39 is 0 Å². The molecule has 1 aliphatic rings. The maximum absolute atomic E-state index is 12.4. The Labute approximate surface area is 134 Å². The van der Waals surface area contributed by atoms with Gasteiger partial charge in [0.05, 0.1) is 17.8 Å². The molecule has 0 fully saturated rings. The second-order valence-corrected chi connectivity index (χ2v) is 5.25. The molecule has 7 heteroatoms. The summed E-state index contributed by atoms with van der Waals surface area (Å²) < 4.78 is 11.0. The Morgan fingerprint density at radius 2 is 2.09 bits per heavy atom. The Bertz CT molecular complexity index is 718. The van der Waals surface area contributed by atoms with E-state index >= 15 is 0 Å². The van der Waals surface area contributed by atoms with E-state index in [2.05, 4.69) is 15.3 Å². The van der Waals surface area contributed by atoms with Gasteiger partial charge in [0.2, 0.25) is 5.95 Å². The van der Waals surface area contributed by atoms with Gasteiger partial charge in [0, 0.05) is 20.3 Å². The highest BCUT2D eigenvalue weighted by Gasteiger charge is 2.20. The third-order valence-corrected chi connectivity index (χ3v) is 3.34. The number of hydrogen-bond acceptors (Lipinski definition) is 6. The van der Waals surface area contributed by atoms with Crippen molar-refractivity contribution in [3.8, 4) is 11.5 Å². The summed E-state index contributed by atoms with van der Waals surface area (Å²) in [5.74, 6) is 1.47. The molecule has 0 saturated heterocycles. The lowest BCUT2D eigenvalue weighted by Gasteiger charge is -2.20. The third-order valence-electron chi connectivity index (χ3n) is 3.34. The van der Waals surface area contributed by atoms with Crippen molar-refractivity contribution in [2.75, 3.05) is 32.2 Å². The Morgan fingerprint density at radius 3 is 2.91 bits per heavy atom. The molecule has 23 heavy (non-hydrogen) atoms. The molecule has 1 aromatic heterocycles. The number of rotatable bonds is 4. The van der Waals surface area contributed by atoms with Crippen molar-refractivity contribution in [3.05, 3.63) is 41.7 Å². The lowest BCUT2D eigenvalue weighted by Crippen LogP contribution is -2.26. The fourth-order valence-electron chi connectivity index (χ4n) is 2.22. The number of para-hydroxylation sites is 1. The fourth-order valence-corrected chi connectivity index (χ4v) is 2.22. The van der Waals surface area contributed by atoms with Crippen molar-refractivity contribution in [3.63, 3.8) is 0 Å². The van der Waals surface area contributed by atoms with E-state index in [1.165, 1.54) is 0 Å². The van der Waals surface area contributed by atoms with E-state index in [4.69, 9.17) is 9.47 Å². The van der Waals surface area contributed by atoms with Gasteiger partial charge in [0.1, 0.15) is 13.2 Å². The number of carbonyl (C=O) groups is 1. The van der Waals surface area contributed by atoms with Gasteiger partial charge < -0.3 is 19.7 Å². The average molecular weight is 314 g/mol. The first kappa shape index (κ1) is 15.1. The predicted octanol–water partition coefficient (Wildman–Crippen LogP) is 1.24. The van der Waals surface area contributed by atoms with Crippen LogP contribution < -0.4 is 19.7 Å². The number of fused-ring (bicyclic) bond motifs is 1. The Morgan fingerprint density at radius 1 is 1.26 bits per heavy atom. The van der Waals surface area contributed by atoms with Crippen molar-refractivity contribution in [1.29, 1.82) is 0 Å². The zero-order valence-corrected chi connectivity index (χ0v) is 13.1. The summed E-state index contributed by atoms with van der Waals surface area (Å²) in [6, 6.07) is 7.05. The zero-order valence-electron chi connectivity index (χ0n) is 13.1. The molecule has 120 valence electrons. The van der Waals surface area contributed by atoms with Crippen molar-refractivity contribution >= 4 is 11.9 Å². The minimum atomic E-state index is -0.225. The number of nitrogens with zero attached hydrogens (tertiary/aromatic N) is 3. The summed E-state index contributed by atoms with van der Waals surface area (Å²) in [6.45, 7) is 1.24. The molecule has 2 aromatic rings. The lowest BCUT2D eigenvalue weighted by atomic mass is 10.1. The first-order valence-electron chi connectivity index (χ1n) is 7.31. The molecule has 0 saturated carbocycles. The minimum Gasteiger partial charge on any atom is -0.486 e. The zero-order chi connectivity index (χ0) is 16.2. The van der Waals surface area contributed by atoms with Gasteiger partial charge in [-0.3, -0.25) is 4.79 Å². The Kier molecular flexibility index (Phi) is 4.27. The average Bonchev–Trinajstić information content (AvgIpc) is 2.59. The van der Waals surface area contributed by atoms with Crippen molar-refractivity contribution in [2.45, 2.75) is 6.54 Å². The quantitative estimate of drug-likeness (QED) is 0.915. The van der Waals surface area contributed by atoms with E-state index in [0.717, 1.165) is 5.69 Å². The molecule has 0 spiro atoms. The van der Waals surface area contributed by atoms with Gasteiger partial charge in [0.15, 0.2) is 11.5 Å². The van der Waals surface area contributed by atoms with Crippen molar-refractivity contribution < 1.29 is 14.3 Å². The Hall–Kier alpha value is -2.83. The summed E-state index contributed by atoms with van der Waals surface area (Å²) in [7, 11) is 3.73. The number of ether oxygens (including phenoxy) is 2. The molecule has 3 rings (SSSR count). The third kappa shape index (κ3) is 3.33. The van der Waals surface area contributed by atoms with Crippen LogP contribution in [0.15, 0.2) is 30.5 Å². The van der Waals surface area contributed by atoms with Crippen LogP contribution in [0.3, 0.4) is 0 Å². The fraction of sp³-hybridized carbons (Fsp3) is 0.312.